The topological polar surface area (TPSA) is 102 Å². The molecule has 1 amide bonds. The Morgan fingerprint density at radius 2 is 1.90 bits per heavy atom. The van der Waals surface area contributed by atoms with E-state index in [1.165, 1.54) is 10.7 Å². The molecular formula is C22H23N7O2. The Bertz CT molecular complexity index is 1360. The maximum absolute atomic E-state index is 12.8. The Hall–Kier alpha value is -3.75. The average molecular weight is 417 g/mol. The zero-order valence-electron chi connectivity index (χ0n) is 17.7. The molecule has 158 valence electrons. The van der Waals surface area contributed by atoms with Crippen molar-refractivity contribution in [2.45, 2.75) is 27.3 Å². The number of aryl methyl sites for hydroxylation is 3. The van der Waals surface area contributed by atoms with Crippen LogP contribution in [-0.2, 0) is 6.54 Å². The van der Waals surface area contributed by atoms with Crippen molar-refractivity contribution in [3.8, 4) is 5.82 Å². The predicted molar refractivity (Wildman–Crippen MR) is 115 cm³/mol. The lowest BCUT2D eigenvalue weighted by molar-refractivity contribution is 0.0458. The molecule has 0 bridgehead atoms. The third kappa shape index (κ3) is 3.52. The van der Waals surface area contributed by atoms with Crippen LogP contribution in [0.15, 0.2) is 41.2 Å². The Labute approximate surface area is 178 Å². The molecule has 0 spiro atoms. The summed E-state index contributed by atoms with van der Waals surface area (Å²) in [4.78, 5) is 34.5. The summed E-state index contributed by atoms with van der Waals surface area (Å²) in [6.45, 7) is 7.42. The molecule has 4 heterocycles. The highest BCUT2D eigenvalue weighted by atomic mass is 16.2. The molecule has 5 rings (SSSR count). The Morgan fingerprint density at radius 3 is 2.65 bits per heavy atom. The lowest BCUT2D eigenvalue weighted by atomic mass is 9.98. The summed E-state index contributed by atoms with van der Waals surface area (Å²) in [5.74, 6) is 1.61. The first-order valence-electron chi connectivity index (χ1n) is 10.2. The van der Waals surface area contributed by atoms with E-state index in [4.69, 9.17) is 0 Å². The summed E-state index contributed by atoms with van der Waals surface area (Å²) < 4.78 is 3.20. The second-order valence-electron chi connectivity index (χ2n) is 8.18. The Morgan fingerprint density at radius 1 is 1.10 bits per heavy atom. The number of nitrogens with zero attached hydrogens (tertiary/aromatic N) is 6. The first-order chi connectivity index (χ1) is 14.9. The van der Waals surface area contributed by atoms with Crippen LogP contribution < -0.4 is 5.56 Å². The number of imidazole rings is 1. The lowest BCUT2D eigenvalue weighted by Crippen LogP contribution is -2.52. The van der Waals surface area contributed by atoms with Crippen LogP contribution in [-0.4, -0.2) is 53.4 Å². The highest BCUT2D eigenvalue weighted by molar-refractivity contribution is 5.97. The number of likely N-dealkylation sites (tertiary alicyclic amines) is 1. The molecule has 1 N–H and O–H groups in total. The Kier molecular flexibility index (Phi) is 4.46. The van der Waals surface area contributed by atoms with E-state index in [1.807, 2.05) is 45.0 Å². The van der Waals surface area contributed by atoms with Crippen molar-refractivity contribution >= 4 is 16.9 Å². The van der Waals surface area contributed by atoms with Crippen molar-refractivity contribution in [2.75, 3.05) is 13.1 Å². The standard InChI is InChI=1S/C22H23N7O2/c1-13-8-14(2)29(25-13)20-6-7-21(30)28(26-20)12-16-10-27(11-16)22(31)17-4-5-18-19(9-17)24-15(3)23-18/h4-9,16H,10-12H2,1-3H3,(H,23,24). The number of aromatic nitrogens is 6. The number of nitrogens with one attached hydrogen (secondary N) is 1. The van der Waals surface area contributed by atoms with E-state index < -0.39 is 0 Å². The number of hydrogen-bond acceptors (Lipinski definition) is 5. The number of fused-ring (bicyclic) bond motifs is 1. The molecule has 9 heteroatoms. The normalized spacial score (nSPS) is 14.2. The largest absolute Gasteiger partial charge is 0.342 e. The minimum atomic E-state index is -0.157. The van der Waals surface area contributed by atoms with E-state index in [9.17, 15) is 9.59 Å². The fraction of sp³-hybridized carbons (Fsp3) is 0.318. The summed E-state index contributed by atoms with van der Waals surface area (Å²) in [7, 11) is 0. The zero-order chi connectivity index (χ0) is 21.7. The van der Waals surface area contributed by atoms with Crippen LogP contribution in [0.4, 0.5) is 0 Å². The van der Waals surface area contributed by atoms with Gasteiger partial charge in [0.25, 0.3) is 11.5 Å². The van der Waals surface area contributed by atoms with Crippen LogP contribution in [0, 0.1) is 26.7 Å². The number of rotatable bonds is 4. The number of benzene rings is 1. The van der Waals surface area contributed by atoms with Gasteiger partial charge in [-0.05, 0) is 51.1 Å². The second kappa shape index (κ2) is 7.19. The minimum Gasteiger partial charge on any atom is -0.342 e. The van der Waals surface area contributed by atoms with Crippen molar-refractivity contribution in [2.24, 2.45) is 5.92 Å². The molecule has 1 aliphatic heterocycles. The van der Waals surface area contributed by atoms with Gasteiger partial charge in [0.15, 0.2) is 5.82 Å². The third-order valence-corrected chi connectivity index (χ3v) is 5.60. The molecular weight excluding hydrogens is 394 g/mol. The molecule has 0 unspecified atom stereocenters. The number of carbonyl (C=O) groups is 1. The summed E-state index contributed by atoms with van der Waals surface area (Å²) in [6, 6.07) is 10.7. The molecule has 1 saturated heterocycles. The van der Waals surface area contributed by atoms with Crippen LogP contribution in [0.1, 0.15) is 27.6 Å². The number of carbonyl (C=O) groups excluding carboxylic acids is 1. The maximum atomic E-state index is 12.8. The number of amides is 1. The zero-order valence-corrected chi connectivity index (χ0v) is 17.7. The van der Waals surface area contributed by atoms with Crippen LogP contribution >= 0.6 is 0 Å². The molecule has 1 aromatic carbocycles. The molecule has 0 radical (unpaired) electrons. The summed E-state index contributed by atoms with van der Waals surface area (Å²) in [5.41, 5.74) is 4.04. The van der Waals surface area contributed by atoms with Gasteiger partial charge in [0.05, 0.1) is 23.3 Å². The van der Waals surface area contributed by atoms with Crippen LogP contribution in [0.25, 0.3) is 16.9 Å². The maximum Gasteiger partial charge on any atom is 0.266 e. The van der Waals surface area contributed by atoms with Crippen molar-refractivity contribution in [3.63, 3.8) is 0 Å². The summed E-state index contributed by atoms with van der Waals surface area (Å²) in [6.07, 6.45) is 0. The summed E-state index contributed by atoms with van der Waals surface area (Å²) in [5, 5.41) is 8.93. The van der Waals surface area contributed by atoms with Crippen LogP contribution in [0.2, 0.25) is 0 Å². The van der Waals surface area contributed by atoms with E-state index in [-0.39, 0.29) is 17.4 Å². The van der Waals surface area contributed by atoms with Gasteiger partial charge in [-0.3, -0.25) is 9.59 Å². The van der Waals surface area contributed by atoms with Gasteiger partial charge in [0, 0.05) is 36.3 Å². The highest BCUT2D eigenvalue weighted by Gasteiger charge is 2.32. The molecule has 31 heavy (non-hydrogen) atoms. The molecule has 0 atom stereocenters. The van der Waals surface area contributed by atoms with E-state index in [0.717, 1.165) is 28.2 Å². The smallest absolute Gasteiger partial charge is 0.266 e. The molecule has 9 nitrogen and oxygen atoms in total. The van der Waals surface area contributed by atoms with Gasteiger partial charge >= 0.3 is 0 Å². The van der Waals surface area contributed by atoms with Gasteiger partial charge in [-0.25, -0.2) is 14.3 Å². The molecule has 0 saturated carbocycles. The minimum absolute atomic E-state index is 0.0119. The monoisotopic (exact) mass is 417 g/mol. The van der Waals surface area contributed by atoms with E-state index in [2.05, 4.69) is 20.2 Å². The van der Waals surface area contributed by atoms with Gasteiger partial charge in [-0.15, -0.1) is 5.10 Å². The quantitative estimate of drug-likeness (QED) is 0.547. The van der Waals surface area contributed by atoms with Gasteiger partial charge in [0.2, 0.25) is 0 Å². The number of hydrogen-bond donors (Lipinski definition) is 1. The fourth-order valence-electron chi connectivity index (χ4n) is 4.09. The third-order valence-electron chi connectivity index (χ3n) is 5.60. The fourth-order valence-corrected chi connectivity index (χ4v) is 4.09. The highest BCUT2D eigenvalue weighted by Crippen LogP contribution is 2.22. The van der Waals surface area contributed by atoms with Gasteiger partial charge < -0.3 is 9.88 Å². The second-order valence-corrected chi connectivity index (χ2v) is 8.18. The van der Waals surface area contributed by atoms with Crippen LogP contribution in [0.3, 0.4) is 0 Å². The number of H-pyrrole nitrogens is 1. The van der Waals surface area contributed by atoms with E-state index in [1.54, 1.807) is 15.6 Å². The first kappa shape index (κ1) is 19.2. The number of aromatic amines is 1. The Balaban J connectivity index is 1.28. The van der Waals surface area contributed by atoms with Crippen molar-refractivity contribution in [1.82, 2.24) is 34.4 Å². The van der Waals surface area contributed by atoms with Gasteiger partial charge in [-0.2, -0.15) is 5.10 Å². The SMILES string of the molecule is Cc1cc(C)n(-c2ccc(=O)n(CC3CN(C(=O)c4ccc5nc(C)[nH]c5c4)C3)n2)n1. The van der Waals surface area contributed by atoms with Crippen molar-refractivity contribution < 1.29 is 4.79 Å². The average Bonchev–Trinajstić information content (AvgIpc) is 3.24. The predicted octanol–water partition coefficient (Wildman–Crippen LogP) is 2.00. The molecule has 0 aliphatic carbocycles. The van der Waals surface area contributed by atoms with Crippen molar-refractivity contribution in [1.29, 1.82) is 0 Å². The van der Waals surface area contributed by atoms with E-state index >= 15 is 0 Å². The lowest BCUT2D eigenvalue weighted by Gasteiger charge is -2.39. The summed E-state index contributed by atoms with van der Waals surface area (Å²) >= 11 is 0. The van der Waals surface area contributed by atoms with E-state index in [0.29, 0.717) is 31.0 Å². The molecule has 4 aromatic rings. The molecule has 1 aliphatic rings. The molecule has 1 fully saturated rings. The van der Waals surface area contributed by atoms with Crippen LogP contribution in [0.5, 0.6) is 0 Å². The van der Waals surface area contributed by atoms with Crippen molar-refractivity contribution in [3.05, 3.63) is 69.5 Å². The first-order valence-corrected chi connectivity index (χ1v) is 10.2. The van der Waals surface area contributed by atoms with Gasteiger partial charge in [0.1, 0.15) is 5.82 Å². The van der Waals surface area contributed by atoms with Gasteiger partial charge in [-0.1, -0.05) is 0 Å². The molecule has 3 aromatic heterocycles.